The lowest BCUT2D eigenvalue weighted by Crippen LogP contribution is -2.31. The molecule has 1 saturated heterocycles. The minimum Gasteiger partial charge on any atom is -0.508 e. The summed E-state index contributed by atoms with van der Waals surface area (Å²) in [5, 5.41) is 17.6. The van der Waals surface area contributed by atoms with Gasteiger partial charge in [0.2, 0.25) is 0 Å². The zero-order valence-electron chi connectivity index (χ0n) is 18.2. The van der Waals surface area contributed by atoms with Gasteiger partial charge < -0.3 is 20.3 Å². The molecule has 3 aromatic heterocycles. The van der Waals surface area contributed by atoms with Crippen LogP contribution in [-0.4, -0.2) is 44.0 Å². The normalized spacial score (nSPS) is 21.4. The average molecular weight is 445 g/mol. The van der Waals surface area contributed by atoms with Crippen molar-refractivity contribution in [2.75, 3.05) is 18.0 Å². The molecule has 7 nitrogen and oxygen atoms in total. The van der Waals surface area contributed by atoms with E-state index in [0.29, 0.717) is 30.0 Å². The number of nitrogens with zero attached hydrogens (tertiary/aromatic N) is 4. The second kappa shape index (κ2) is 7.74. The van der Waals surface area contributed by atoms with Crippen LogP contribution in [0, 0.1) is 17.7 Å². The van der Waals surface area contributed by atoms with Gasteiger partial charge in [-0.25, -0.2) is 9.37 Å². The Balaban J connectivity index is 1.06. The number of halogens is 1. The third-order valence-corrected chi connectivity index (χ3v) is 6.87. The molecule has 0 bridgehead atoms. The molecule has 1 saturated carbocycles. The highest BCUT2D eigenvalue weighted by Gasteiger charge is 2.55. The summed E-state index contributed by atoms with van der Waals surface area (Å²) in [6, 6.07) is 10.8. The Hall–Kier alpha value is -3.65. The molecule has 0 amide bonds. The molecule has 8 heteroatoms. The second-order valence-corrected chi connectivity index (χ2v) is 9.02. The van der Waals surface area contributed by atoms with Crippen molar-refractivity contribution >= 4 is 5.82 Å². The molecule has 4 aromatic rings. The Morgan fingerprint density at radius 1 is 1.09 bits per heavy atom. The number of hydrogen-bond acceptors (Lipinski definition) is 5. The van der Waals surface area contributed by atoms with E-state index in [1.165, 1.54) is 18.2 Å². The number of nitrogens with one attached hydrogen (secondary N) is 2. The lowest BCUT2D eigenvalue weighted by molar-refractivity contribution is 0.459. The number of aromatic nitrogens is 4. The molecule has 0 spiro atoms. The van der Waals surface area contributed by atoms with Crippen molar-refractivity contribution in [1.82, 2.24) is 25.1 Å². The molecule has 3 N–H and O–H groups in total. The van der Waals surface area contributed by atoms with Crippen LogP contribution in [0.4, 0.5) is 10.2 Å². The third kappa shape index (κ3) is 3.76. The number of hydrogen-bond donors (Lipinski definition) is 3. The molecule has 1 aliphatic carbocycles. The summed E-state index contributed by atoms with van der Waals surface area (Å²) in [6.07, 6.45) is 7.76. The first-order valence-electron chi connectivity index (χ1n) is 11.1. The van der Waals surface area contributed by atoms with Crippen molar-refractivity contribution in [3.8, 4) is 28.1 Å². The van der Waals surface area contributed by atoms with Crippen molar-refractivity contribution in [3.63, 3.8) is 0 Å². The van der Waals surface area contributed by atoms with Crippen LogP contribution in [-0.2, 0) is 13.6 Å². The number of piperidine rings is 1. The topological polar surface area (TPSA) is 82.0 Å². The molecular weight excluding hydrogens is 419 g/mol. The van der Waals surface area contributed by atoms with Gasteiger partial charge in [-0.2, -0.15) is 5.10 Å². The first-order valence-corrected chi connectivity index (χ1v) is 11.1. The van der Waals surface area contributed by atoms with Crippen molar-refractivity contribution in [1.29, 1.82) is 0 Å². The van der Waals surface area contributed by atoms with Crippen molar-refractivity contribution in [3.05, 3.63) is 72.6 Å². The van der Waals surface area contributed by atoms with Gasteiger partial charge in [0.05, 0.1) is 6.20 Å². The fourth-order valence-electron chi connectivity index (χ4n) is 4.97. The van der Waals surface area contributed by atoms with Crippen molar-refractivity contribution in [2.45, 2.75) is 12.6 Å². The third-order valence-electron chi connectivity index (χ3n) is 6.87. The maximum absolute atomic E-state index is 13.4. The maximum atomic E-state index is 13.4. The highest BCUT2D eigenvalue weighted by molar-refractivity contribution is 5.71. The molecule has 6 rings (SSSR count). The van der Waals surface area contributed by atoms with Gasteiger partial charge in [0.25, 0.3) is 0 Å². The number of benzene rings is 1. The number of aryl methyl sites for hydroxylation is 1. The number of pyridine rings is 1. The van der Waals surface area contributed by atoms with E-state index < -0.39 is 0 Å². The Kier molecular flexibility index (Phi) is 4.69. The fraction of sp³-hybridized carbons (Fsp3) is 0.280. The van der Waals surface area contributed by atoms with E-state index in [1.807, 2.05) is 31.8 Å². The largest absolute Gasteiger partial charge is 0.508 e. The summed E-state index contributed by atoms with van der Waals surface area (Å²) in [7, 11) is 1.91. The summed E-state index contributed by atoms with van der Waals surface area (Å²) in [6.45, 7) is 2.39. The van der Waals surface area contributed by atoms with Crippen molar-refractivity contribution < 1.29 is 9.50 Å². The summed E-state index contributed by atoms with van der Waals surface area (Å²) in [5.41, 5.74) is 4.86. The minimum absolute atomic E-state index is 0.135. The molecule has 0 radical (unpaired) electrons. The van der Waals surface area contributed by atoms with Gasteiger partial charge in [-0.15, -0.1) is 0 Å². The fourth-order valence-corrected chi connectivity index (χ4v) is 4.97. The summed E-state index contributed by atoms with van der Waals surface area (Å²) >= 11 is 0. The van der Waals surface area contributed by atoms with Gasteiger partial charge in [0, 0.05) is 79.3 Å². The number of fused-ring (bicyclic) bond motifs is 1. The number of anilines is 1. The number of phenolic OH excluding ortho intramolecular Hbond substituents is 1. The molecule has 1 unspecified atom stereocenters. The average Bonchev–Trinajstić information content (AvgIpc) is 3.31. The second-order valence-electron chi connectivity index (χ2n) is 9.02. The Morgan fingerprint density at radius 3 is 2.67 bits per heavy atom. The Bertz CT molecular complexity index is 1280. The molecule has 4 heterocycles. The summed E-state index contributed by atoms with van der Waals surface area (Å²) in [4.78, 5) is 10.4. The van der Waals surface area contributed by atoms with E-state index in [4.69, 9.17) is 4.98 Å². The highest BCUT2D eigenvalue weighted by Crippen LogP contribution is 2.46. The molecule has 2 aliphatic rings. The van der Waals surface area contributed by atoms with Crippen LogP contribution in [0.2, 0.25) is 0 Å². The first kappa shape index (κ1) is 20.0. The number of aromatic amines is 1. The Morgan fingerprint density at radius 2 is 1.94 bits per heavy atom. The standard InChI is InChI=1S/C25H25FN6O/c1-31-12-18(11-30-31)22-7-16(9-27-22)15-2-5-24(28-8-15)32-13-20-21(14-32)25(20)29-10-17-6-19(26)3-4-23(17)33/h2-9,11-12,20-21,25,27,29,33H,10,13-14H2,1H3/t20-,21+,25?. The molecule has 168 valence electrons. The SMILES string of the molecule is Cn1cc(-c2cc(-c3ccc(N4C[C@@H]5C(NCc6cc(F)ccc6O)[C@@H]5C4)nc3)c[nH]2)cn1. The molecule has 1 aliphatic heterocycles. The van der Waals surface area contributed by atoms with E-state index in [1.54, 1.807) is 4.68 Å². The van der Waals surface area contributed by atoms with Crippen LogP contribution in [0.15, 0.2) is 61.2 Å². The van der Waals surface area contributed by atoms with Gasteiger partial charge in [-0.3, -0.25) is 4.68 Å². The summed E-state index contributed by atoms with van der Waals surface area (Å²) < 4.78 is 15.2. The number of rotatable bonds is 6. The molecule has 1 aromatic carbocycles. The highest BCUT2D eigenvalue weighted by atomic mass is 19.1. The molecule has 3 atom stereocenters. The molecule has 33 heavy (non-hydrogen) atoms. The quantitative estimate of drug-likeness (QED) is 0.424. The monoisotopic (exact) mass is 444 g/mol. The zero-order chi connectivity index (χ0) is 22.5. The number of phenols is 1. The Labute approximate surface area is 190 Å². The predicted octanol–water partition coefficient (Wildman–Crippen LogP) is 3.55. The van der Waals surface area contributed by atoms with E-state index in [9.17, 15) is 9.50 Å². The van der Waals surface area contributed by atoms with Crippen LogP contribution in [0.5, 0.6) is 5.75 Å². The summed E-state index contributed by atoms with van der Waals surface area (Å²) in [5.74, 6) is 1.93. The van der Waals surface area contributed by atoms with Gasteiger partial charge in [-0.1, -0.05) is 0 Å². The molecule has 2 fully saturated rings. The van der Waals surface area contributed by atoms with E-state index in [0.717, 1.165) is 41.3 Å². The lowest BCUT2D eigenvalue weighted by atomic mass is 10.1. The van der Waals surface area contributed by atoms with E-state index in [-0.39, 0.29) is 11.6 Å². The van der Waals surface area contributed by atoms with Gasteiger partial charge >= 0.3 is 0 Å². The number of aromatic hydroxyl groups is 1. The zero-order valence-corrected chi connectivity index (χ0v) is 18.2. The van der Waals surface area contributed by atoms with Crippen LogP contribution in [0.1, 0.15) is 5.56 Å². The first-order chi connectivity index (χ1) is 16.0. The molecular formula is C25H25FN6O. The van der Waals surface area contributed by atoms with E-state index >= 15 is 0 Å². The lowest BCUT2D eigenvalue weighted by Gasteiger charge is -2.21. The van der Waals surface area contributed by atoms with Crippen molar-refractivity contribution in [2.24, 2.45) is 18.9 Å². The van der Waals surface area contributed by atoms with Crippen LogP contribution in [0.25, 0.3) is 22.4 Å². The maximum Gasteiger partial charge on any atom is 0.128 e. The van der Waals surface area contributed by atoms with E-state index in [2.05, 4.69) is 38.5 Å². The van der Waals surface area contributed by atoms with Gasteiger partial charge in [-0.05, 0) is 48.2 Å². The van der Waals surface area contributed by atoms with Crippen LogP contribution < -0.4 is 10.2 Å². The van der Waals surface area contributed by atoms with Crippen LogP contribution in [0.3, 0.4) is 0 Å². The minimum atomic E-state index is -0.325. The van der Waals surface area contributed by atoms with Crippen LogP contribution >= 0.6 is 0 Å². The number of H-pyrrole nitrogens is 1. The van der Waals surface area contributed by atoms with Gasteiger partial charge in [0.15, 0.2) is 0 Å². The van der Waals surface area contributed by atoms with Gasteiger partial charge in [0.1, 0.15) is 17.4 Å². The predicted molar refractivity (Wildman–Crippen MR) is 124 cm³/mol. The smallest absolute Gasteiger partial charge is 0.128 e.